The number of aryl methyl sites for hydroxylation is 1. The van der Waals surface area contributed by atoms with E-state index in [4.69, 9.17) is 9.47 Å². The number of carbonyl (C=O) groups is 2. The Kier molecular flexibility index (Phi) is 8.53. The van der Waals surface area contributed by atoms with Gasteiger partial charge >= 0.3 is 12.0 Å². The average Bonchev–Trinajstić information content (AvgIpc) is 3.25. The Morgan fingerprint density at radius 3 is 2.50 bits per heavy atom. The predicted octanol–water partition coefficient (Wildman–Crippen LogP) is 3.73. The third kappa shape index (κ3) is 5.68. The fourth-order valence-electron chi connectivity index (χ4n) is 4.85. The van der Waals surface area contributed by atoms with Crippen LogP contribution >= 0.6 is 11.3 Å². The fraction of sp³-hybridized carbons (Fsp3) is 0.520. The molecule has 4 rings (SSSR count). The number of hydrogen-bond donors (Lipinski definition) is 3. The Labute approximate surface area is 215 Å². The molecule has 2 heterocycles. The minimum Gasteiger partial charge on any atom is -0.497 e. The van der Waals surface area contributed by atoms with E-state index >= 15 is 0 Å². The van der Waals surface area contributed by atoms with Crippen LogP contribution in [-0.2, 0) is 27.4 Å². The Hall–Kier alpha value is -2.63. The van der Waals surface area contributed by atoms with Crippen molar-refractivity contribution in [1.29, 1.82) is 0 Å². The van der Waals surface area contributed by atoms with Gasteiger partial charge < -0.3 is 20.1 Å². The van der Waals surface area contributed by atoms with Crippen LogP contribution in [0.15, 0.2) is 29.2 Å². The highest BCUT2D eigenvalue weighted by Crippen LogP contribution is 2.38. The molecule has 1 unspecified atom stereocenters. The quantitative estimate of drug-likeness (QED) is 0.440. The van der Waals surface area contributed by atoms with E-state index in [-0.39, 0.29) is 17.4 Å². The van der Waals surface area contributed by atoms with E-state index in [0.29, 0.717) is 42.2 Å². The minimum absolute atomic E-state index is 0.117. The lowest BCUT2D eigenvalue weighted by atomic mass is 9.95. The van der Waals surface area contributed by atoms with Crippen molar-refractivity contribution in [2.45, 2.75) is 55.7 Å². The lowest BCUT2D eigenvalue weighted by Crippen LogP contribution is -2.50. The van der Waals surface area contributed by atoms with E-state index in [9.17, 15) is 18.0 Å². The first-order valence-corrected chi connectivity index (χ1v) is 14.7. The molecule has 0 radical (unpaired) electrons. The number of hydrogen-bond acceptors (Lipinski definition) is 8. The maximum Gasteiger partial charge on any atom is 0.341 e. The molecule has 9 nitrogen and oxygen atoms in total. The van der Waals surface area contributed by atoms with Crippen molar-refractivity contribution in [3.63, 3.8) is 0 Å². The third-order valence-corrected chi connectivity index (χ3v) is 9.99. The van der Waals surface area contributed by atoms with Crippen LogP contribution < -0.4 is 20.7 Å². The molecule has 3 N–H and O–H groups in total. The van der Waals surface area contributed by atoms with Crippen molar-refractivity contribution < 1.29 is 27.5 Å². The van der Waals surface area contributed by atoms with Gasteiger partial charge in [-0.15, -0.1) is 11.3 Å². The number of urea groups is 1. The number of rotatable bonds is 8. The van der Waals surface area contributed by atoms with Gasteiger partial charge in [0.1, 0.15) is 16.1 Å². The number of methoxy groups -OCH3 is 1. The van der Waals surface area contributed by atoms with Crippen LogP contribution in [0.2, 0.25) is 0 Å². The monoisotopic (exact) mass is 535 g/mol. The molecule has 2 aromatic rings. The minimum atomic E-state index is -3.89. The zero-order chi connectivity index (χ0) is 25.7. The summed E-state index contributed by atoms with van der Waals surface area (Å²) in [5.41, 5.74) is 1.32. The molecule has 1 aliphatic heterocycles. The number of sulfone groups is 1. The van der Waals surface area contributed by atoms with Gasteiger partial charge in [-0.3, -0.25) is 5.32 Å². The van der Waals surface area contributed by atoms with Crippen molar-refractivity contribution in [2.24, 2.45) is 5.92 Å². The SMILES string of the molecule is CCOC(=O)c1c(NC(=O)NC(C2CCNCC2)S(=O)(=O)c2ccc(OC)cc2)sc2c1CCCC2. The molecule has 0 saturated carbocycles. The Morgan fingerprint density at radius 2 is 1.83 bits per heavy atom. The largest absolute Gasteiger partial charge is 0.497 e. The number of fused-ring (bicyclic) bond motifs is 1. The van der Waals surface area contributed by atoms with Crippen LogP contribution in [-0.4, -0.2) is 52.6 Å². The molecular weight excluding hydrogens is 502 g/mol. The van der Waals surface area contributed by atoms with Gasteiger partial charge in [-0.25, -0.2) is 18.0 Å². The summed E-state index contributed by atoms with van der Waals surface area (Å²) in [6.07, 6.45) is 4.83. The first-order valence-electron chi connectivity index (χ1n) is 12.3. The molecule has 1 atom stereocenters. The second-order valence-electron chi connectivity index (χ2n) is 8.96. The highest BCUT2D eigenvalue weighted by molar-refractivity contribution is 7.92. The summed E-state index contributed by atoms with van der Waals surface area (Å²) in [7, 11) is -2.38. The highest BCUT2D eigenvalue weighted by atomic mass is 32.2. The average molecular weight is 536 g/mol. The Balaban J connectivity index is 1.61. The van der Waals surface area contributed by atoms with Crippen molar-refractivity contribution in [3.8, 4) is 5.75 Å². The van der Waals surface area contributed by atoms with Crippen LogP contribution in [0.25, 0.3) is 0 Å². The van der Waals surface area contributed by atoms with Crippen molar-refractivity contribution in [3.05, 3.63) is 40.3 Å². The maximum atomic E-state index is 13.7. The molecule has 1 aromatic carbocycles. The number of piperidine rings is 1. The van der Waals surface area contributed by atoms with Crippen LogP contribution in [0, 0.1) is 5.92 Å². The molecule has 1 aliphatic carbocycles. The molecular formula is C25H33N3O6S2. The van der Waals surface area contributed by atoms with Gasteiger partial charge in [0.05, 0.1) is 24.2 Å². The summed E-state index contributed by atoms with van der Waals surface area (Å²) in [5.74, 6) is -0.177. The van der Waals surface area contributed by atoms with E-state index in [1.807, 2.05) is 0 Å². The van der Waals surface area contributed by atoms with Crippen molar-refractivity contribution in [2.75, 3.05) is 32.1 Å². The molecule has 1 saturated heterocycles. The third-order valence-electron chi connectivity index (χ3n) is 6.69. The summed E-state index contributed by atoms with van der Waals surface area (Å²) in [4.78, 5) is 27.2. The highest BCUT2D eigenvalue weighted by Gasteiger charge is 2.37. The first kappa shape index (κ1) is 26.4. The maximum absolute atomic E-state index is 13.7. The van der Waals surface area contributed by atoms with Crippen LogP contribution in [0.4, 0.5) is 9.80 Å². The summed E-state index contributed by atoms with van der Waals surface area (Å²) in [5, 5.41) is 8.05. The number of benzene rings is 1. The molecule has 36 heavy (non-hydrogen) atoms. The number of thiophene rings is 1. The van der Waals surface area contributed by atoms with E-state index in [1.54, 1.807) is 19.1 Å². The van der Waals surface area contributed by atoms with Gasteiger partial charge in [-0.05, 0) is 94.3 Å². The van der Waals surface area contributed by atoms with Crippen LogP contribution in [0.1, 0.15) is 53.4 Å². The van der Waals surface area contributed by atoms with Gasteiger partial charge in [0.2, 0.25) is 0 Å². The first-order chi connectivity index (χ1) is 17.3. The molecule has 1 fully saturated rings. The fourth-order valence-corrected chi connectivity index (χ4v) is 7.97. The number of carbonyl (C=O) groups excluding carboxylic acids is 2. The van der Waals surface area contributed by atoms with Gasteiger partial charge in [0, 0.05) is 4.88 Å². The van der Waals surface area contributed by atoms with E-state index in [2.05, 4.69) is 16.0 Å². The summed E-state index contributed by atoms with van der Waals surface area (Å²) in [6.45, 7) is 3.32. The zero-order valence-corrected chi connectivity index (χ0v) is 22.2. The molecule has 11 heteroatoms. The number of anilines is 1. The molecule has 2 aliphatic rings. The lowest BCUT2D eigenvalue weighted by Gasteiger charge is -2.31. The van der Waals surface area contributed by atoms with Crippen molar-refractivity contribution in [1.82, 2.24) is 10.6 Å². The summed E-state index contributed by atoms with van der Waals surface area (Å²) >= 11 is 1.37. The normalized spacial score (nSPS) is 17.1. The molecule has 2 amide bonds. The van der Waals surface area contributed by atoms with E-state index in [1.165, 1.54) is 30.6 Å². The van der Waals surface area contributed by atoms with Crippen molar-refractivity contribution >= 4 is 38.2 Å². The topological polar surface area (TPSA) is 123 Å². The number of nitrogens with one attached hydrogen (secondary N) is 3. The Bertz CT molecular complexity index is 1190. The summed E-state index contributed by atoms with van der Waals surface area (Å²) < 4.78 is 37.7. The van der Waals surface area contributed by atoms with Gasteiger partial charge in [0.15, 0.2) is 9.84 Å². The Morgan fingerprint density at radius 1 is 1.14 bits per heavy atom. The zero-order valence-electron chi connectivity index (χ0n) is 20.6. The van der Waals surface area contributed by atoms with Crippen LogP contribution in [0.5, 0.6) is 5.75 Å². The number of esters is 1. The van der Waals surface area contributed by atoms with Gasteiger partial charge in [-0.1, -0.05) is 0 Å². The second-order valence-corrected chi connectivity index (χ2v) is 12.1. The molecule has 1 aromatic heterocycles. The molecule has 0 bridgehead atoms. The lowest BCUT2D eigenvalue weighted by molar-refractivity contribution is 0.0526. The molecule has 0 spiro atoms. The standard InChI is InChI=1S/C25H33N3O6S2/c1-3-34-24(29)21-19-6-4-5-7-20(19)35-22(21)27-25(30)28-23(16-12-14-26-15-13-16)36(31,32)18-10-8-17(33-2)9-11-18/h8-11,16,23,26H,3-7,12-15H2,1-2H3,(H2,27,28,30). The van der Waals surface area contributed by atoms with Gasteiger partial charge in [-0.2, -0.15) is 0 Å². The predicted molar refractivity (Wildman–Crippen MR) is 139 cm³/mol. The second kappa shape index (κ2) is 11.6. The molecule has 196 valence electrons. The summed E-state index contributed by atoms with van der Waals surface area (Å²) in [6, 6.07) is 5.52. The smallest absolute Gasteiger partial charge is 0.341 e. The van der Waals surface area contributed by atoms with Crippen LogP contribution in [0.3, 0.4) is 0 Å². The number of ether oxygens (including phenoxy) is 2. The van der Waals surface area contributed by atoms with E-state index in [0.717, 1.165) is 36.1 Å². The van der Waals surface area contributed by atoms with Gasteiger partial charge in [0.25, 0.3) is 0 Å². The van der Waals surface area contributed by atoms with E-state index < -0.39 is 27.2 Å². The number of amides is 2.